The zero-order valence-corrected chi connectivity index (χ0v) is 14.4. The highest BCUT2D eigenvalue weighted by Crippen LogP contribution is 2.27. The van der Waals surface area contributed by atoms with Gasteiger partial charge in [0.1, 0.15) is 5.75 Å². The van der Waals surface area contributed by atoms with E-state index in [0.29, 0.717) is 0 Å². The molecule has 0 radical (unpaired) electrons. The summed E-state index contributed by atoms with van der Waals surface area (Å²) < 4.78 is 8.43. The van der Waals surface area contributed by atoms with Crippen molar-refractivity contribution < 1.29 is 4.74 Å². The van der Waals surface area contributed by atoms with E-state index in [1.807, 2.05) is 25.4 Å². The van der Waals surface area contributed by atoms with Crippen LogP contribution in [0.25, 0.3) is 0 Å². The molecule has 1 aromatic heterocycles. The van der Waals surface area contributed by atoms with Crippen molar-refractivity contribution in [3.8, 4) is 5.75 Å². The molecule has 21 heavy (non-hydrogen) atoms. The largest absolute Gasteiger partial charge is 0.497 e. The Labute approximate surface area is 134 Å². The van der Waals surface area contributed by atoms with Gasteiger partial charge in [-0.1, -0.05) is 19.1 Å². The topological polar surface area (TPSA) is 39.1 Å². The average Bonchev–Trinajstić information content (AvgIpc) is 2.86. The molecule has 0 saturated heterocycles. The van der Waals surface area contributed by atoms with Gasteiger partial charge in [-0.2, -0.15) is 5.10 Å². The average molecular weight is 352 g/mol. The van der Waals surface area contributed by atoms with Gasteiger partial charge in [0, 0.05) is 6.54 Å². The minimum atomic E-state index is 0.209. The summed E-state index contributed by atoms with van der Waals surface area (Å²) in [6, 6.07) is 8.41. The van der Waals surface area contributed by atoms with Crippen LogP contribution in [0.4, 0.5) is 0 Å². The fourth-order valence-corrected chi connectivity index (χ4v) is 3.05. The maximum absolute atomic E-state index is 5.30. The molecule has 5 heteroatoms. The van der Waals surface area contributed by atoms with Gasteiger partial charge >= 0.3 is 0 Å². The van der Waals surface area contributed by atoms with Crippen LogP contribution in [0.15, 0.2) is 34.9 Å². The summed E-state index contributed by atoms with van der Waals surface area (Å²) in [6.45, 7) is 3.09. The quantitative estimate of drug-likeness (QED) is 0.828. The zero-order valence-electron chi connectivity index (χ0n) is 12.8. The molecular formula is C16H22BrN3O. The highest BCUT2D eigenvalue weighted by molar-refractivity contribution is 9.10. The smallest absolute Gasteiger partial charge is 0.119 e. The Bertz CT molecular complexity index is 583. The summed E-state index contributed by atoms with van der Waals surface area (Å²) in [7, 11) is 3.68. The molecule has 0 aliphatic carbocycles. The molecule has 4 nitrogen and oxygen atoms in total. The number of benzene rings is 1. The molecule has 0 amide bonds. The van der Waals surface area contributed by atoms with Crippen LogP contribution in [0.5, 0.6) is 5.75 Å². The zero-order chi connectivity index (χ0) is 15.2. The molecule has 1 heterocycles. The van der Waals surface area contributed by atoms with Crippen molar-refractivity contribution in [1.82, 2.24) is 15.1 Å². The van der Waals surface area contributed by atoms with Gasteiger partial charge in [0.15, 0.2) is 0 Å². The lowest BCUT2D eigenvalue weighted by atomic mass is 10.0. The molecule has 1 atom stereocenters. The highest BCUT2D eigenvalue weighted by Gasteiger charge is 2.19. The fourth-order valence-electron chi connectivity index (χ4n) is 2.48. The molecule has 0 saturated carbocycles. The molecule has 2 aromatic rings. The lowest BCUT2D eigenvalue weighted by molar-refractivity contribution is 0.413. The van der Waals surface area contributed by atoms with E-state index < -0.39 is 0 Å². The Kier molecular flexibility index (Phi) is 5.82. The van der Waals surface area contributed by atoms with Gasteiger partial charge < -0.3 is 10.1 Å². The van der Waals surface area contributed by atoms with Crippen molar-refractivity contribution in [2.24, 2.45) is 0 Å². The first kappa shape index (κ1) is 16.0. The summed E-state index contributed by atoms with van der Waals surface area (Å²) in [5.74, 6) is 0.892. The molecule has 0 aliphatic rings. The van der Waals surface area contributed by atoms with E-state index in [1.54, 1.807) is 7.11 Å². The second-order valence-corrected chi connectivity index (χ2v) is 5.85. The van der Waals surface area contributed by atoms with Crippen LogP contribution in [-0.2, 0) is 13.0 Å². The second kappa shape index (κ2) is 7.61. The van der Waals surface area contributed by atoms with E-state index in [0.717, 1.165) is 29.6 Å². The van der Waals surface area contributed by atoms with Crippen molar-refractivity contribution in [1.29, 1.82) is 0 Å². The summed E-state index contributed by atoms with van der Waals surface area (Å²) in [5.41, 5.74) is 2.44. The fraction of sp³-hybridized carbons (Fsp3) is 0.438. The second-order valence-electron chi connectivity index (χ2n) is 5.00. The molecule has 0 bridgehead atoms. The van der Waals surface area contributed by atoms with Crippen molar-refractivity contribution in [3.63, 3.8) is 0 Å². The Morgan fingerprint density at radius 1 is 1.43 bits per heavy atom. The molecule has 0 fully saturated rings. The lowest BCUT2D eigenvalue weighted by Gasteiger charge is -2.19. The number of aromatic nitrogens is 2. The van der Waals surface area contributed by atoms with Crippen LogP contribution >= 0.6 is 15.9 Å². The number of likely N-dealkylation sites (N-methyl/N-ethyl adjacent to an activating group) is 1. The number of nitrogens with zero attached hydrogens (tertiary/aromatic N) is 2. The highest BCUT2D eigenvalue weighted by atomic mass is 79.9. The Balaban J connectivity index is 2.25. The number of nitrogens with one attached hydrogen (secondary N) is 1. The summed E-state index contributed by atoms with van der Waals surface area (Å²) in [6.07, 6.45) is 3.83. The van der Waals surface area contributed by atoms with Crippen molar-refractivity contribution in [2.75, 3.05) is 14.2 Å². The molecule has 1 unspecified atom stereocenters. The van der Waals surface area contributed by atoms with E-state index in [-0.39, 0.29) is 6.04 Å². The molecule has 2 rings (SSSR count). The van der Waals surface area contributed by atoms with Crippen LogP contribution in [0.3, 0.4) is 0 Å². The number of rotatable bonds is 7. The van der Waals surface area contributed by atoms with E-state index in [1.165, 1.54) is 11.3 Å². The summed E-state index contributed by atoms with van der Waals surface area (Å²) in [5, 5.41) is 7.85. The van der Waals surface area contributed by atoms with E-state index in [9.17, 15) is 0 Å². The third kappa shape index (κ3) is 3.86. The monoisotopic (exact) mass is 351 g/mol. The maximum Gasteiger partial charge on any atom is 0.119 e. The van der Waals surface area contributed by atoms with Crippen molar-refractivity contribution >= 4 is 15.9 Å². The van der Waals surface area contributed by atoms with Gasteiger partial charge in [-0.3, -0.25) is 4.68 Å². The van der Waals surface area contributed by atoms with Crippen molar-refractivity contribution in [3.05, 3.63) is 46.2 Å². The minimum Gasteiger partial charge on any atom is -0.497 e. The first-order valence-corrected chi connectivity index (χ1v) is 8.00. The van der Waals surface area contributed by atoms with Gasteiger partial charge in [-0.15, -0.1) is 0 Å². The maximum atomic E-state index is 5.30. The van der Waals surface area contributed by atoms with Crippen LogP contribution < -0.4 is 10.1 Å². The van der Waals surface area contributed by atoms with E-state index in [4.69, 9.17) is 4.74 Å². The predicted octanol–water partition coefficient (Wildman–Crippen LogP) is 3.57. The molecule has 0 spiro atoms. The van der Waals surface area contributed by atoms with Gasteiger partial charge in [-0.05, 0) is 53.5 Å². The number of aryl methyl sites for hydroxylation is 1. The summed E-state index contributed by atoms with van der Waals surface area (Å²) >= 11 is 3.62. The Hall–Kier alpha value is -1.33. The van der Waals surface area contributed by atoms with Crippen LogP contribution in [0.2, 0.25) is 0 Å². The lowest BCUT2D eigenvalue weighted by Crippen LogP contribution is -2.23. The first-order valence-electron chi connectivity index (χ1n) is 7.21. The van der Waals surface area contributed by atoms with Gasteiger partial charge in [0.25, 0.3) is 0 Å². The number of hydrogen-bond acceptors (Lipinski definition) is 3. The van der Waals surface area contributed by atoms with E-state index >= 15 is 0 Å². The predicted molar refractivity (Wildman–Crippen MR) is 88.7 cm³/mol. The number of hydrogen-bond donors (Lipinski definition) is 1. The van der Waals surface area contributed by atoms with Gasteiger partial charge in [0.05, 0.1) is 29.5 Å². The molecule has 1 aromatic carbocycles. The molecule has 114 valence electrons. The van der Waals surface area contributed by atoms with Crippen LogP contribution in [0, 0.1) is 0 Å². The Morgan fingerprint density at radius 3 is 2.90 bits per heavy atom. The van der Waals surface area contributed by atoms with Crippen LogP contribution in [-0.4, -0.2) is 23.9 Å². The molecule has 0 aliphatic heterocycles. The third-order valence-corrected chi connectivity index (χ3v) is 4.13. The Morgan fingerprint density at radius 2 is 2.24 bits per heavy atom. The number of methoxy groups -OCH3 is 1. The molecule has 1 N–H and O–H groups in total. The van der Waals surface area contributed by atoms with Crippen LogP contribution in [0.1, 0.15) is 30.6 Å². The number of ether oxygens (including phenoxy) is 1. The van der Waals surface area contributed by atoms with Gasteiger partial charge in [-0.25, -0.2) is 0 Å². The SMILES string of the molecule is CCCn1ncc(Br)c1C(Cc1cccc(OC)c1)NC. The standard InChI is InChI=1S/C16H22BrN3O/c1-4-8-20-16(14(17)11-19-20)15(18-2)10-12-6-5-7-13(9-12)21-3/h5-7,9,11,15,18H,4,8,10H2,1-3H3. The van der Waals surface area contributed by atoms with E-state index in [2.05, 4.69) is 50.1 Å². The minimum absolute atomic E-state index is 0.209. The van der Waals surface area contributed by atoms with Crippen molar-refractivity contribution in [2.45, 2.75) is 32.4 Å². The summed E-state index contributed by atoms with van der Waals surface area (Å²) in [4.78, 5) is 0. The first-order chi connectivity index (χ1) is 10.2. The normalized spacial score (nSPS) is 12.4. The number of halogens is 1. The molecular weight excluding hydrogens is 330 g/mol. The van der Waals surface area contributed by atoms with Gasteiger partial charge in [0.2, 0.25) is 0 Å². The third-order valence-electron chi connectivity index (χ3n) is 3.52.